The summed E-state index contributed by atoms with van der Waals surface area (Å²) >= 11 is 2.81. The first-order valence-electron chi connectivity index (χ1n) is 17.9. The first-order chi connectivity index (χ1) is 20.2. The van der Waals surface area contributed by atoms with Crippen LogP contribution in [0.3, 0.4) is 0 Å². The van der Waals surface area contributed by atoms with Gasteiger partial charge >= 0.3 is 0 Å². The average molecular weight is 1130 g/mol. The van der Waals surface area contributed by atoms with Crippen molar-refractivity contribution >= 4 is 94.5 Å². The van der Waals surface area contributed by atoms with Gasteiger partial charge in [-0.1, -0.05) is 67.5 Å². The van der Waals surface area contributed by atoms with Crippen molar-refractivity contribution in [2.24, 2.45) is 47.3 Å². The van der Waals surface area contributed by atoms with Crippen LogP contribution < -0.4 is 42.5 Å². The summed E-state index contributed by atoms with van der Waals surface area (Å²) in [6.45, 7) is 0. The van der Waals surface area contributed by atoms with E-state index >= 15 is 0 Å². The molecular formula is C32H58I4N8Zn. The third-order valence-electron chi connectivity index (χ3n) is 13.8. The van der Waals surface area contributed by atoms with Crippen LogP contribution in [0, 0.1) is 47.3 Å². The molecule has 0 radical (unpaired) electrons. The Hall–Kier alpha value is 3.22. The van der Waals surface area contributed by atoms with Crippen molar-refractivity contribution in [2.45, 2.75) is 150 Å². The molecule has 13 heteroatoms. The SMILES string of the molecule is I.I.I.IC1CCCC2C3NC4NC(NC5NC(NC6NC(NC(N3)C12)C1CCCCC61)C1CCCCC51)C1CCCCC41.[Zn]. The van der Waals surface area contributed by atoms with Crippen LogP contribution in [0.1, 0.15) is 96.3 Å². The number of nitrogens with one attached hydrogen (secondary N) is 8. The van der Waals surface area contributed by atoms with Gasteiger partial charge in [-0.25, -0.2) is 0 Å². The van der Waals surface area contributed by atoms with Crippen molar-refractivity contribution in [1.82, 2.24) is 42.5 Å². The van der Waals surface area contributed by atoms with E-state index in [-0.39, 0.29) is 91.4 Å². The molecule has 17 unspecified atom stereocenters. The summed E-state index contributed by atoms with van der Waals surface area (Å²) in [5, 5.41) is 33.9. The average Bonchev–Trinajstić information content (AvgIpc) is 3.73. The van der Waals surface area contributed by atoms with E-state index in [0.29, 0.717) is 61.2 Å². The van der Waals surface area contributed by atoms with Crippen LogP contribution >= 0.6 is 94.5 Å². The minimum Gasteiger partial charge on any atom is -0.286 e. The molecule has 5 aliphatic heterocycles. The first-order valence-corrected chi connectivity index (χ1v) is 19.2. The molecule has 45 heavy (non-hydrogen) atoms. The molecule has 8 N–H and O–H groups in total. The summed E-state index contributed by atoms with van der Waals surface area (Å²) in [5.41, 5.74) is 0. The van der Waals surface area contributed by atoms with Crippen LogP contribution in [0.2, 0.25) is 0 Å². The van der Waals surface area contributed by atoms with Gasteiger partial charge in [0.1, 0.15) is 0 Å². The van der Waals surface area contributed by atoms with Gasteiger partial charge in [0.15, 0.2) is 0 Å². The predicted octanol–water partition coefficient (Wildman–Crippen LogP) is 4.87. The molecule has 9 aliphatic rings. The van der Waals surface area contributed by atoms with Crippen LogP contribution in [0.4, 0.5) is 0 Å². The molecule has 0 spiro atoms. The Kier molecular flexibility index (Phi) is 14.8. The van der Waals surface area contributed by atoms with E-state index in [0.717, 1.165) is 39.4 Å². The van der Waals surface area contributed by atoms with Crippen LogP contribution in [0.25, 0.3) is 0 Å². The van der Waals surface area contributed by atoms with Gasteiger partial charge in [0.2, 0.25) is 0 Å². The second kappa shape index (κ2) is 16.9. The van der Waals surface area contributed by atoms with E-state index < -0.39 is 0 Å². The predicted molar refractivity (Wildman–Crippen MR) is 217 cm³/mol. The molecule has 0 aromatic heterocycles. The maximum atomic E-state index is 4.29. The zero-order valence-electron chi connectivity index (χ0n) is 26.7. The Labute approximate surface area is 349 Å². The monoisotopic (exact) mass is 1130 g/mol. The van der Waals surface area contributed by atoms with Crippen molar-refractivity contribution in [2.75, 3.05) is 0 Å². The summed E-state index contributed by atoms with van der Waals surface area (Å²) in [6.07, 6.45) is 24.0. The summed E-state index contributed by atoms with van der Waals surface area (Å²) in [5.74, 6) is 5.85. The summed E-state index contributed by atoms with van der Waals surface area (Å²) in [4.78, 5) is 0. The van der Waals surface area contributed by atoms with Crippen molar-refractivity contribution in [3.05, 3.63) is 0 Å². The van der Waals surface area contributed by atoms with Crippen LogP contribution in [-0.2, 0) is 19.5 Å². The second-order valence-electron chi connectivity index (χ2n) is 15.7. The van der Waals surface area contributed by atoms with Crippen LogP contribution in [0.15, 0.2) is 0 Å². The molecule has 4 saturated carbocycles. The fraction of sp³-hybridized carbons (Fsp3) is 1.00. The largest absolute Gasteiger partial charge is 0.286 e. The van der Waals surface area contributed by atoms with E-state index in [2.05, 4.69) is 65.1 Å². The topological polar surface area (TPSA) is 96.2 Å². The Bertz CT molecular complexity index is 972. The number of hydrogen-bond acceptors (Lipinski definition) is 8. The van der Waals surface area contributed by atoms with Gasteiger partial charge in [-0.15, -0.1) is 71.9 Å². The fourth-order valence-electron chi connectivity index (χ4n) is 12.0. The summed E-state index contributed by atoms with van der Waals surface area (Å²) < 4.78 is 0.749. The Morgan fingerprint density at radius 3 is 0.867 bits per heavy atom. The zero-order valence-corrected chi connectivity index (χ0v) is 38.8. The third kappa shape index (κ3) is 7.40. The quantitative estimate of drug-likeness (QED) is 0.0992. The molecule has 0 aromatic carbocycles. The van der Waals surface area contributed by atoms with E-state index in [9.17, 15) is 0 Å². The standard InChI is InChI=1S/C32H55IN8.3HI.Zn/c33-23-15-7-14-22-24(23)32-40-30-21-13-6-5-12-20(21)28(38-30)36-26-17-9-2-1-8-16(17)25(34-26)35-27-18-10-3-4-11-19(18)29(37-27)39-31(22)41-32;;;;/h16-32,34-41H,1-15H2;3*1H;. The Morgan fingerprint density at radius 1 is 0.311 bits per heavy atom. The minimum absolute atomic E-state index is 0. The van der Waals surface area contributed by atoms with E-state index in [1.807, 2.05) is 0 Å². The number of rotatable bonds is 0. The molecule has 5 heterocycles. The van der Waals surface area contributed by atoms with E-state index in [4.69, 9.17) is 0 Å². The van der Waals surface area contributed by atoms with E-state index in [1.54, 1.807) is 0 Å². The van der Waals surface area contributed by atoms with Gasteiger partial charge in [0.05, 0.1) is 49.3 Å². The van der Waals surface area contributed by atoms with Gasteiger partial charge in [-0.05, 0) is 92.8 Å². The summed E-state index contributed by atoms with van der Waals surface area (Å²) in [7, 11) is 0. The zero-order chi connectivity index (χ0) is 27.1. The molecule has 256 valence electrons. The van der Waals surface area contributed by atoms with Gasteiger partial charge in [-0.3, -0.25) is 42.5 Å². The first kappa shape index (κ1) is 39.4. The number of alkyl halides is 1. The molecule has 9 rings (SSSR count). The maximum absolute atomic E-state index is 4.29. The Balaban J connectivity index is 0.00000100. The maximum Gasteiger partial charge on any atom is 0.0638 e. The molecule has 9 fully saturated rings. The molecule has 8 bridgehead atoms. The molecule has 17 atom stereocenters. The molecular weight excluding hydrogens is 1070 g/mol. The van der Waals surface area contributed by atoms with Crippen molar-refractivity contribution < 1.29 is 19.5 Å². The smallest absolute Gasteiger partial charge is 0.0638 e. The molecule has 4 aliphatic carbocycles. The van der Waals surface area contributed by atoms with Crippen molar-refractivity contribution in [3.63, 3.8) is 0 Å². The molecule has 0 aromatic rings. The Morgan fingerprint density at radius 2 is 0.556 bits per heavy atom. The minimum atomic E-state index is 0. The van der Waals surface area contributed by atoms with Crippen LogP contribution in [-0.4, -0.2) is 53.3 Å². The number of halogens is 4. The van der Waals surface area contributed by atoms with E-state index in [1.165, 1.54) is 96.3 Å². The second-order valence-corrected chi connectivity index (χ2v) is 17.3. The number of fused-ring (bicyclic) bond motifs is 20. The van der Waals surface area contributed by atoms with Crippen molar-refractivity contribution in [1.29, 1.82) is 0 Å². The van der Waals surface area contributed by atoms with Gasteiger partial charge in [0, 0.05) is 29.3 Å². The van der Waals surface area contributed by atoms with Crippen LogP contribution in [0.5, 0.6) is 0 Å². The normalized spacial score (nSPS) is 53.1. The summed E-state index contributed by atoms with van der Waals surface area (Å²) in [6, 6.07) is 0. The van der Waals surface area contributed by atoms with Gasteiger partial charge in [-0.2, -0.15) is 0 Å². The fourth-order valence-corrected chi connectivity index (χ4v) is 13.4. The molecule has 0 amide bonds. The van der Waals surface area contributed by atoms with Crippen molar-refractivity contribution in [3.8, 4) is 0 Å². The molecule has 5 saturated heterocycles. The third-order valence-corrected chi connectivity index (χ3v) is 15.3. The molecule has 8 nitrogen and oxygen atoms in total. The van der Waals surface area contributed by atoms with Gasteiger partial charge in [0.25, 0.3) is 0 Å². The number of hydrogen-bond donors (Lipinski definition) is 8. The van der Waals surface area contributed by atoms with Gasteiger partial charge < -0.3 is 0 Å².